The van der Waals surface area contributed by atoms with Gasteiger partial charge in [-0.05, 0) is 26.0 Å². The first-order valence-electron chi connectivity index (χ1n) is 6.14. The van der Waals surface area contributed by atoms with Crippen molar-refractivity contribution in [3.05, 3.63) is 17.8 Å². The number of amides is 1. The highest BCUT2D eigenvalue weighted by Gasteiger charge is 2.14. The minimum Gasteiger partial charge on any atom is -0.378 e. The van der Waals surface area contributed by atoms with Crippen LogP contribution in [0.25, 0.3) is 0 Å². The summed E-state index contributed by atoms with van der Waals surface area (Å²) in [5, 5.41) is 10.8. The van der Waals surface area contributed by atoms with Crippen molar-refractivity contribution in [2.45, 2.75) is 19.9 Å². The molecule has 6 heteroatoms. The molecule has 2 heterocycles. The monoisotopic (exact) mass is 250 g/mol. The molecule has 1 aliphatic heterocycles. The van der Waals surface area contributed by atoms with Gasteiger partial charge in [0.05, 0.1) is 13.2 Å². The lowest BCUT2D eigenvalue weighted by Crippen LogP contribution is -2.37. The van der Waals surface area contributed by atoms with E-state index < -0.39 is 0 Å². The number of aromatic nitrogens is 2. The van der Waals surface area contributed by atoms with Crippen molar-refractivity contribution in [1.29, 1.82) is 0 Å². The van der Waals surface area contributed by atoms with Crippen molar-refractivity contribution < 1.29 is 9.53 Å². The molecule has 0 bridgehead atoms. The van der Waals surface area contributed by atoms with E-state index in [1.165, 1.54) is 0 Å². The molecule has 0 aliphatic carbocycles. The zero-order valence-corrected chi connectivity index (χ0v) is 10.7. The quantitative estimate of drug-likeness (QED) is 0.843. The lowest BCUT2D eigenvalue weighted by molar-refractivity contribution is 0.0937. The van der Waals surface area contributed by atoms with Crippen LogP contribution in [-0.4, -0.2) is 48.4 Å². The summed E-state index contributed by atoms with van der Waals surface area (Å²) in [6.07, 6.45) is 0. The van der Waals surface area contributed by atoms with Crippen molar-refractivity contribution in [2.75, 3.05) is 31.2 Å². The zero-order chi connectivity index (χ0) is 13.0. The molecule has 1 amide bonds. The van der Waals surface area contributed by atoms with Crippen LogP contribution in [-0.2, 0) is 4.74 Å². The van der Waals surface area contributed by atoms with Gasteiger partial charge in [0.2, 0.25) is 0 Å². The normalized spacial score (nSPS) is 15.8. The molecule has 0 saturated carbocycles. The fourth-order valence-electron chi connectivity index (χ4n) is 1.74. The Kier molecular flexibility index (Phi) is 4.09. The molecule has 98 valence electrons. The molecule has 1 N–H and O–H groups in total. The number of morpholine rings is 1. The highest BCUT2D eigenvalue weighted by Crippen LogP contribution is 2.11. The fourth-order valence-corrected chi connectivity index (χ4v) is 1.74. The van der Waals surface area contributed by atoms with Crippen LogP contribution in [0.3, 0.4) is 0 Å². The second-order valence-corrected chi connectivity index (χ2v) is 4.50. The molecule has 2 rings (SSSR count). The maximum Gasteiger partial charge on any atom is 0.271 e. The van der Waals surface area contributed by atoms with Crippen LogP contribution >= 0.6 is 0 Å². The van der Waals surface area contributed by atoms with E-state index in [4.69, 9.17) is 4.74 Å². The van der Waals surface area contributed by atoms with Gasteiger partial charge in [-0.15, -0.1) is 10.2 Å². The van der Waals surface area contributed by atoms with Crippen LogP contribution in [0.1, 0.15) is 24.3 Å². The molecule has 0 radical (unpaired) electrons. The van der Waals surface area contributed by atoms with Gasteiger partial charge in [0.25, 0.3) is 5.91 Å². The predicted molar refractivity (Wildman–Crippen MR) is 67.7 cm³/mol. The van der Waals surface area contributed by atoms with E-state index in [-0.39, 0.29) is 11.9 Å². The van der Waals surface area contributed by atoms with Crippen molar-refractivity contribution in [3.63, 3.8) is 0 Å². The number of rotatable bonds is 3. The summed E-state index contributed by atoms with van der Waals surface area (Å²) in [6.45, 7) is 6.85. The lowest BCUT2D eigenvalue weighted by Gasteiger charge is -2.27. The maximum absolute atomic E-state index is 11.7. The molecule has 0 unspecified atom stereocenters. The number of ether oxygens (including phenoxy) is 1. The summed E-state index contributed by atoms with van der Waals surface area (Å²) in [7, 11) is 0. The number of hydrogen-bond acceptors (Lipinski definition) is 5. The summed E-state index contributed by atoms with van der Waals surface area (Å²) in [4.78, 5) is 13.8. The topological polar surface area (TPSA) is 67.4 Å². The molecule has 18 heavy (non-hydrogen) atoms. The summed E-state index contributed by atoms with van der Waals surface area (Å²) in [5.74, 6) is 0.602. The maximum atomic E-state index is 11.7. The Morgan fingerprint density at radius 2 is 2.06 bits per heavy atom. The Labute approximate surface area is 106 Å². The summed E-state index contributed by atoms with van der Waals surface area (Å²) in [5.41, 5.74) is 0.348. The Hall–Kier alpha value is -1.69. The third kappa shape index (κ3) is 3.16. The lowest BCUT2D eigenvalue weighted by atomic mass is 10.3. The third-order valence-electron chi connectivity index (χ3n) is 2.64. The molecule has 1 aromatic rings. The molecular weight excluding hydrogens is 232 g/mol. The van der Waals surface area contributed by atoms with E-state index in [0.717, 1.165) is 18.9 Å². The van der Waals surface area contributed by atoms with Crippen LogP contribution in [0.4, 0.5) is 5.82 Å². The largest absolute Gasteiger partial charge is 0.378 e. The Morgan fingerprint density at radius 1 is 1.33 bits per heavy atom. The van der Waals surface area contributed by atoms with Crippen LogP contribution in [0.2, 0.25) is 0 Å². The second kappa shape index (κ2) is 5.77. The van der Waals surface area contributed by atoms with Crippen molar-refractivity contribution >= 4 is 11.7 Å². The Bertz CT molecular complexity index is 399. The third-order valence-corrected chi connectivity index (χ3v) is 2.64. The first-order valence-corrected chi connectivity index (χ1v) is 6.14. The molecule has 0 aromatic carbocycles. The van der Waals surface area contributed by atoms with Gasteiger partial charge in [-0.25, -0.2) is 0 Å². The predicted octanol–water partition coefficient (Wildman–Crippen LogP) is 0.451. The van der Waals surface area contributed by atoms with E-state index in [1.54, 1.807) is 6.07 Å². The van der Waals surface area contributed by atoms with Gasteiger partial charge in [0, 0.05) is 19.1 Å². The van der Waals surface area contributed by atoms with Gasteiger partial charge in [-0.1, -0.05) is 0 Å². The molecule has 0 atom stereocenters. The van der Waals surface area contributed by atoms with E-state index in [9.17, 15) is 4.79 Å². The van der Waals surface area contributed by atoms with Crippen molar-refractivity contribution in [2.24, 2.45) is 0 Å². The standard InChI is InChI=1S/C12H18N4O2/c1-9(2)13-12(17)10-3-4-11(15-14-10)16-5-7-18-8-6-16/h3-4,9H,5-8H2,1-2H3,(H,13,17). The van der Waals surface area contributed by atoms with Crippen LogP contribution in [0, 0.1) is 0 Å². The number of carbonyl (C=O) groups is 1. The van der Waals surface area contributed by atoms with Crippen molar-refractivity contribution in [3.8, 4) is 0 Å². The molecule has 1 aromatic heterocycles. The molecule has 1 saturated heterocycles. The van der Waals surface area contributed by atoms with Crippen LogP contribution < -0.4 is 10.2 Å². The molecule has 0 spiro atoms. The highest BCUT2D eigenvalue weighted by molar-refractivity contribution is 5.92. The number of anilines is 1. The molecular formula is C12H18N4O2. The van der Waals surface area contributed by atoms with Gasteiger partial charge >= 0.3 is 0 Å². The number of carbonyl (C=O) groups excluding carboxylic acids is 1. The smallest absolute Gasteiger partial charge is 0.271 e. The second-order valence-electron chi connectivity index (χ2n) is 4.50. The van der Waals surface area contributed by atoms with Gasteiger partial charge in [0.1, 0.15) is 0 Å². The summed E-state index contributed by atoms with van der Waals surface area (Å²) >= 11 is 0. The van der Waals surface area contributed by atoms with E-state index in [1.807, 2.05) is 19.9 Å². The first-order chi connectivity index (χ1) is 8.66. The zero-order valence-electron chi connectivity index (χ0n) is 10.7. The van der Waals surface area contributed by atoms with Crippen LogP contribution in [0.5, 0.6) is 0 Å². The van der Waals surface area contributed by atoms with Gasteiger partial charge in [0.15, 0.2) is 11.5 Å². The van der Waals surface area contributed by atoms with E-state index in [2.05, 4.69) is 20.4 Å². The average Bonchev–Trinajstić information content (AvgIpc) is 2.39. The molecule has 1 aliphatic rings. The molecule has 1 fully saturated rings. The summed E-state index contributed by atoms with van der Waals surface area (Å²) in [6, 6.07) is 3.63. The van der Waals surface area contributed by atoms with E-state index >= 15 is 0 Å². The first kappa shape index (κ1) is 12.8. The minimum atomic E-state index is -0.189. The summed E-state index contributed by atoms with van der Waals surface area (Å²) < 4.78 is 5.27. The Morgan fingerprint density at radius 3 is 2.61 bits per heavy atom. The highest BCUT2D eigenvalue weighted by atomic mass is 16.5. The number of hydrogen-bond donors (Lipinski definition) is 1. The Balaban J connectivity index is 2.02. The average molecular weight is 250 g/mol. The van der Waals surface area contributed by atoms with Gasteiger partial charge in [-0.3, -0.25) is 4.79 Å². The van der Waals surface area contributed by atoms with E-state index in [0.29, 0.717) is 18.9 Å². The number of nitrogens with one attached hydrogen (secondary N) is 1. The minimum absolute atomic E-state index is 0.0956. The van der Waals surface area contributed by atoms with Crippen molar-refractivity contribution in [1.82, 2.24) is 15.5 Å². The SMILES string of the molecule is CC(C)NC(=O)c1ccc(N2CCOCC2)nn1. The molecule has 6 nitrogen and oxygen atoms in total. The fraction of sp³-hybridized carbons (Fsp3) is 0.583. The number of nitrogens with zero attached hydrogens (tertiary/aromatic N) is 3. The van der Waals surface area contributed by atoms with Crippen LogP contribution in [0.15, 0.2) is 12.1 Å². The van der Waals surface area contributed by atoms with Gasteiger partial charge in [-0.2, -0.15) is 0 Å². The van der Waals surface area contributed by atoms with Gasteiger partial charge < -0.3 is 15.0 Å².